The van der Waals surface area contributed by atoms with E-state index in [1.54, 1.807) is 4.90 Å². The van der Waals surface area contributed by atoms with Gasteiger partial charge in [0.05, 0.1) is 12.1 Å². The Bertz CT molecular complexity index is 1410. The van der Waals surface area contributed by atoms with Crippen LogP contribution in [0.1, 0.15) is 65.9 Å². The third-order valence-electron chi connectivity index (χ3n) is 8.03. The van der Waals surface area contributed by atoms with Crippen LogP contribution in [-0.4, -0.2) is 27.3 Å². The van der Waals surface area contributed by atoms with Crippen molar-refractivity contribution in [2.45, 2.75) is 70.1 Å². The summed E-state index contributed by atoms with van der Waals surface area (Å²) in [6, 6.07) is 23.6. The molecule has 2 aliphatic rings. The quantitative estimate of drug-likeness (QED) is 0.349. The zero-order valence-corrected chi connectivity index (χ0v) is 21.3. The summed E-state index contributed by atoms with van der Waals surface area (Å²) in [5.41, 5.74) is 2.68. The lowest BCUT2D eigenvalue weighted by Crippen LogP contribution is -2.63. The van der Waals surface area contributed by atoms with Crippen LogP contribution in [0.4, 0.5) is 0 Å². The third-order valence-corrected chi connectivity index (χ3v) is 8.03. The smallest absolute Gasteiger partial charge is 0.272 e. The number of rotatable bonds is 5. The summed E-state index contributed by atoms with van der Waals surface area (Å²) in [4.78, 5) is 30.7. The van der Waals surface area contributed by atoms with Crippen molar-refractivity contribution in [2.75, 3.05) is 0 Å². The van der Waals surface area contributed by atoms with Gasteiger partial charge in [0.2, 0.25) is 0 Å². The fourth-order valence-electron chi connectivity index (χ4n) is 6.13. The Morgan fingerprint density at radius 2 is 1.65 bits per heavy atom. The Morgan fingerprint density at radius 1 is 0.973 bits per heavy atom. The molecular formula is C31H33N3O3. The first kappa shape index (κ1) is 23.6. The molecule has 1 N–H and O–H groups in total. The number of furan rings is 1. The molecule has 1 aliphatic carbocycles. The molecule has 1 unspecified atom stereocenters. The number of aromatic nitrogens is 1. The second-order valence-corrected chi connectivity index (χ2v) is 10.5. The van der Waals surface area contributed by atoms with Gasteiger partial charge in [-0.2, -0.15) is 0 Å². The summed E-state index contributed by atoms with van der Waals surface area (Å²) in [5, 5.41) is 3.41. The molecule has 2 aromatic carbocycles. The number of amides is 2. The van der Waals surface area contributed by atoms with Gasteiger partial charge in [-0.15, -0.1) is 0 Å². The van der Waals surface area contributed by atoms with E-state index in [0.29, 0.717) is 24.4 Å². The fourth-order valence-corrected chi connectivity index (χ4v) is 6.13. The van der Waals surface area contributed by atoms with E-state index in [1.807, 2.05) is 84.3 Å². The first-order valence-corrected chi connectivity index (χ1v) is 13.4. The summed E-state index contributed by atoms with van der Waals surface area (Å²) in [7, 11) is 0. The largest absolute Gasteiger partial charge is 0.460 e. The predicted molar refractivity (Wildman–Crippen MR) is 143 cm³/mol. The molecule has 1 fully saturated rings. The lowest BCUT2D eigenvalue weighted by atomic mass is 9.83. The van der Waals surface area contributed by atoms with E-state index >= 15 is 0 Å². The molecule has 3 heterocycles. The first-order valence-electron chi connectivity index (χ1n) is 13.4. The molecule has 1 saturated carbocycles. The molecule has 6 nitrogen and oxygen atoms in total. The lowest BCUT2D eigenvalue weighted by molar-refractivity contribution is -0.136. The Labute approximate surface area is 217 Å². The minimum atomic E-state index is -1.20. The van der Waals surface area contributed by atoms with Crippen LogP contribution in [-0.2, 0) is 23.4 Å². The molecule has 6 heteroatoms. The summed E-state index contributed by atoms with van der Waals surface area (Å²) in [6.45, 7) is 2.56. The van der Waals surface area contributed by atoms with Gasteiger partial charge >= 0.3 is 0 Å². The van der Waals surface area contributed by atoms with Crippen molar-refractivity contribution < 1.29 is 14.0 Å². The number of nitrogens with zero attached hydrogens (tertiary/aromatic N) is 2. The average molecular weight is 496 g/mol. The highest BCUT2D eigenvalue weighted by atomic mass is 16.3. The minimum Gasteiger partial charge on any atom is -0.460 e. The molecule has 2 amide bonds. The monoisotopic (exact) mass is 495 g/mol. The first-order chi connectivity index (χ1) is 18.1. The normalized spacial score (nSPS) is 20.6. The molecule has 4 aromatic rings. The summed E-state index contributed by atoms with van der Waals surface area (Å²) in [6.07, 6.45) is 6.60. The van der Waals surface area contributed by atoms with E-state index in [4.69, 9.17) is 4.42 Å². The maximum absolute atomic E-state index is 14.6. The van der Waals surface area contributed by atoms with Crippen LogP contribution >= 0.6 is 0 Å². The van der Waals surface area contributed by atoms with Crippen molar-refractivity contribution in [3.05, 3.63) is 95.4 Å². The van der Waals surface area contributed by atoms with Crippen LogP contribution in [0.3, 0.4) is 0 Å². The number of carbonyl (C=O) groups excluding carboxylic acids is 2. The molecule has 1 aliphatic heterocycles. The van der Waals surface area contributed by atoms with E-state index in [1.165, 1.54) is 12.8 Å². The molecule has 0 spiro atoms. The topological polar surface area (TPSA) is 67.5 Å². The van der Waals surface area contributed by atoms with Crippen LogP contribution in [0, 0.1) is 6.92 Å². The van der Waals surface area contributed by atoms with Crippen molar-refractivity contribution in [1.82, 2.24) is 14.8 Å². The van der Waals surface area contributed by atoms with Gasteiger partial charge in [-0.1, -0.05) is 86.3 Å². The zero-order valence-electron chi connectivity index (χ0n) is 21.3. The SMILES string of the molecule is Cc1cc2c(cc3n2CC(C(=O)NC2CCCCCC2)(c2ccccc2)N(Cc2ccccc2)C3=O)o1. The molecule has 0 saturated heterocycles. The zero-order chi connectivity index (χ0) is 25.4. The van der Waals surface area contributed by atoms with Crippen LogP contribution < -0.4 is 5.32 Å². The van der Waals surface area contributed by atoms with Gasteiger partial charge in [-0.3, -0.25) is 9.59 Å². The Kier molecular flexibility index (Phi) is 6.11. The van der Waals surface area contributed by atoms with Gasteiger partial charge < -0.3 is 19.2 Å². The number of benzene rings is 2. The maximum Gasteiger partial charge on any atom is 0.272 e. The summed E-state index contributed by atoms with van der Waals surface area (Å²) in [5.74, 6) is 0.509. The van der Waals surface area contributed by atoms with Crippen molar-refractivity contribution in [2.24, 2.45) is 0 Å². The second-order valence-electron chi connectivity index (χ2n) is 10.5. The molecule has 37 heavy (non-hydrogen) atoms. The number of nitrogens with one attached hydrogen (secondary N) is 1. The Balaban J connectivity index is 1.52. The van der Waals surface area contributed by atoms with Crippen molar-refractivity contribution in [1.29, 1.82) is 0 Å². The van der Waals surface area contributed by atoms with E-state index < -0.39 is 5.54 Å². The Morgan fingerprint density at radius 3 is 2.35 bits per heavy atom. The second kappa shape index (κ2) is 9.58. The third kappa shape index (κ3) is 4.14. The van der Waals surface area contributed by atoms with E-state index in [0.717, 1.165) is 48.1 Å². The molecular weight excluding hydrogens is 462 g/mol. The van der Waals surface area contributed by atoms with Crippen molar-refractivity contribution in [3.63, 3.8) is 0 Å². The number of fused-ring (bicyclic) bond motifs is 3. The highest BCUT2D eigenvalue weighted by Gasteiger charge is 2.53. The number of carbonyl (C=O) groups is 2. The number of hydrogen-bond acceptors (Lipinski definition) is 3. The molecule has 0 radical (unpaired) electrons. The maximum atomic E-state index is 14.6. The van der Waals surface area contributed by atoms with Crippen LogP contribution in [0.15, 0.2) is 77.2 Å². The van der Waals surface area contributed by atoms with Gasteiger partial charge in [0.25, 0.3) is 11.8 Å². The fraction of sp³-hybridized carbons (Fsp3) is 0.355. The van der Waals surface area contributed by atoms with Crippen LogP contribution in [0.25, 0.3) is 11.1 Å². The molecule has 190 valence electrons. The van der Waals surface area contributed by atoms with Crippen LogP contribution in [0.2, 0.25) is 0 Å². The number of hydrogen-bond donors (Lipinski definition) is 1. The lowest BCUT2D eigenvalue weighted by Gasteiger charge is -2.47. The highest BCUT2D eigenvalue weighted by Crippen LogP contribution is 2.41. The van der Waals surface area contributed by atoms with E-state index in [-0.39, 0.29) is 17.9 Å². The molecule has 0 bridgehead atoms. The summed E-state index contributed by atoms with van der Waals surface area (Å²) >= 11 is 0. The highest BCUT2D eigenvalue weighted by molar-refractivity contribution is 6.03. The van der Waals surface area contributed by atoms with Gasteiger partial charge in [0.1, 0.15) is 11.5 Å². The molecule has 6 rings (SSSR count). The van der Waals surface area contributed by atoms with Gasteiger partial charge in [0, 0.05) is 24.7 Å². The standard InChI is InChI=1S/C31H33N3O3/c1-22-18-26-28(37-22)19-27-29(35)34(20-23-12-6-4-7-13-23)31(21-33(26)27,24-14-8-5-9-15-24)30(36)32-25-16-10-2-3-11-17-25/h4-9,12-15,18-19,25H,2-3,10-11,16-17,20-21H2,1H3,(H,32,36). The minimum absolute atomic E-state index is 0.109. The predicted octanol–water partition coefficient (Wildman–Crippen LogP) is 5.93. The van der Waals surface area contributed by atoms with Crippen molar-refractivity contribution in [3.8, 4) is 0 Å². The van der Waals surface area contributed by atoms with E-state index in [2.05, 4.69) is 5.32 Å². The molecule has 1 atom stereocenters. The molecule has 2 aromatic heterocycles. The van der Waals surface area contributed by atoms with E-state index in [9.17, 15) is 9.59 Å². The average Bonchev–Trinajstić information content (AvgIpc) is 3.31. The number of aryl methyl sites for hydroxylation is 1. The van der Waals surface area contributed by atoms with Gasteiger partial charge in [-0.25, -0.2) is 0 Å². The van der Waals surface area contributed by atoms with Gasteiger partial charge in [0.15, 0.2) is 11.1 Å². The van der Waals surface area contributed by atoms with Gasteiger partial charge in [-0.05, 0) is 30.9 Å². The summed E-state index contributed by atoms with van der Waals surface area (Å²) < 4.78 is 7.88. The van der Waals surface area contributed by atoms with Crippen molar-refractivity contribution >= 4 is 22.9 Å². The Hall–Kier alpha value is -3.80. The van der Waals surface area contributed by atoms with Crippen LogP contribution in [0.5, 0.6) is 0 Å².